The monoisotopic (exact) mass is 403 g/mol. The zero-order chi connectivity index (χ0) is 21.5. The molecule has 6 heteroatoms. The van der Waals surface area contributed by atoms with Gasteiger partial charge in [0.15, 0.2) is 0 Å². The lowest BCUT2D eigenvalue weighted by molar-refractivity contribution is -0.134. The van der Waals surface area contributed by atoms with Crippen LogP contribution in [0.25, 0.3) is 11.0 Å². The Balaban J connectivity index is 1.62. The van der Waals surface area contributed by atoms with E-state index >= 15 is 0 Å². The van der Waals surface area contributed by atoms with E-state index in [1.807, 2.05) is 67.6 Å². The minimum atomic E-state index is -0.246. The molecule has 154 valence electrons. The summed E-state index contributed by atoms with van der Waals surface area (Å²) in [5.41, 5.74) is 1.51. The number of carbonyl (C=O) groups excluding carboxylic acids is 2. The van der Waals surface area contributed by atoms with Gasteiger partial charge in [0, 0.05) is 37.5 Å². The summed E-state index contributed by atoms with van der Waals surface area (Å²) in [4.78, 5) is 28.6. The van der Waals surface area contributed by atoms with Crippen LogP contribution in [0, 0.1) is 11.3 Å². The fourth-order valence-corrected chi connectivity index (χ4v) is 3.31. The molecule has 1 unspecified atom stereocenters. The van der Waals surface area contributed by atoms with Gasteiger partial charge in [-0.3, -0.25) is 9.59 Å². The van der Waals surface area contributed by atoms with Gasteiger partial charge < -0.3 is 14.2 Å². The molecule has 0 saturated carbocycles. The number of amides is 2. The summed E-state index contributed by atoms with van der Waals surface area (Å²) in [5.74, 6) is 0.400. The van der Waals surface area contributed by atoms with Crippen molar-refractivity contribution in [3.05, 3.63) is 66.4 Å². The third-order valence-corrected chi connectivity index (χ3v) is 5.20. The number of furan rings is 1. The van der Waals surface area contributed by atoms with E-state index in [0.717, 1.165) is 16.7 Å². The van der Waals surface area contributed by atoms with Crippen molar-refractivity contribution in [2.75, 3.05) is 18.5 Å². The summed E-state index contributed by atoms with van der Waals surface area (Å²) in [5, 5.41) is 9.89. The van der Waals surface area contributed by atoms with E-state index in [0.29, 0.717) is 12.3 Å². The maximum absolute atomic E-state index is 12.8. The van der Waals surface area contributed by atoms with Crippen molar-refractivity contribution in [3.63, 3.8) is 0 Å². The molecule has 3 rings (SSSR count). The summed E-state index contributed by atoms with van der Waals surface area (Å²) in [6.45, 7) is 2.21. The van der Waals surface area contributed by atoms with E-state index in [1.165, 1.54) is 0 Å². The number of para-hydroxylation sites is 2. The Bertz CT molecular complexity index is 1020. The summed E-state index contributed by atoms with van der Waals surface area (Å²) in [7, 11) is 1.72. The molecule has 0 aliphatic heterocycles. The molecule has 0 N–H and O–H groups in total. The van der Waals surface area contributed by atoms with Crippen LogP contribution in [-0.4, -0.2) is 30.3 Å². The first-order valence-corrected chi connectivity index (χ1v) is 9.97. The third-order valence-electron chi connectivity index (χ3n) is 5.20. The number of anilines is 1. The molecule has 1 atom stereocenters. The van der Waals surface area contributed by atoms with Gasteiger partial charge in [-0.15, -0.1) is 0 Å². The van der Waals surface area contributed by atoms with Crippen molar-refractivity contribution in [2.24, 2.45) is 0 Å². The number of hydrogen-bond acceptors (Lipinski definition) is 4. The van der Waals surface area contributed by atoms with Crippen LogP contribution in [0.1, 0.15) is 38.0 Å². The normalized spacial score (nSPS) is 11.6. The van der Waals surface area contributed by atoms with E-state index in [9.17, 15) is 9.59 Å². The predicted molar refractivity (Wildman–Crippen MR) is 116 cm³/mol. The minimum absolute atomic E-state index is 0.0797. The van der Waals surface area contributed by atoms with Crippen molar-refractivity contribution >= 4 is 28.5 Å². The Labute approximate surface area is 176 Å². The maximum Gasteiger partial charge on any atom is 0.227 e. The Morgan fingerprint density at radius 3 is 2.40 bits per heavy atom. The molecular weight excluding hydrogens is 378 g/mol. The van der Waals surface area contributed by atoms with Crippen molar-refractivity contribution in [3.8, 4) is 6.07 Å². The van der Waals surface area contributed by atoms with Crippen LogP contribution in [0.4, 0.5) is 5.69 Å². The van der Waals surface area contributed by atoms with Gasteiger partial charge in [-0.25, -0.2) is 0 Å². The lowest BCUT2D eigenvalue weighted by Gasteiger charge is -2.25. The second-order valence-corrected chi connectivity index (χ2v) is 7.16. The highest BCUT2D eigenvalue weighted by Crippen LogP contribution is 2.27. The van der Waals surface area contributed by atoms with Crippen LogP contribution < -0.4 is 4.90 Å². The van der Waals surface area contributed by atoms with E-state index in [4.69, 9.17) is 9.68 Å². The van der Waals surface area contributed by atoms with E-state index in [2.05, 4.69) is 6.07 Å². The number of nitriles is 1. The largest absolute Gasteiger partial charge is 0.459 e. The van der Waals surface area contributed by atoms with Crippen LogP contribution in [0.3, 0.4) is 0 Å². The molecule has 3 aromatic rings. The van der Waals surface area contributed by atoms with Crippen LogP contribution in [0.5, 0.6) is 0 Å². The number of carbonyl (C=O) groups is 2. The lowest BCUT2D eigenvalue weighted by atomic mass is 10.1. The molecule has 1 aromatic heterocycles. The van der Waals surface area contributed by atoms with Gasteiger partial charge in [0.25, 0.3) is 0 Å². The van der Waals surface area contributed by atoms with Crippen molar-refractivity contribution in [1.82, 2.24) is 4.90 Å². The van der Waals surface area contributed by atoms with Crippen LogP contribution in [0.15, 0.2) is 65.1 Å². The minimum Gasteiger partial charge on any atom is -0.459 e. The van der Waals surface area contributed by atoms with Gasteiger partial charge in [0.1, 0.15) is 11.3 Å². The molecule has 6 nitrogen and oxygen atoms in total. The molecule has 0 radical (unpaired) electrons. The Kier molecular flexibility index (Phi) is 6.87. The standard InChI is InChI=1S/C24H25N3O3/c1-18(22-17-19-9-6-7-12-21(19)30-22)26(2)23(28)13-14-24(29)27(16-8-15-25)20-10-4-3-5-11-20/h3-7,9-12,17-18H,8,13-14,16H2,1-2H3. The van der Waals surface area contributed by atoms with Crippen LogP contribution in [-0.2, 0) is 9.59 Å². The highest BCUT2D eigenvalue weighted by atomic mass is 16.3. The molecule has 1 heterocycles. The SMILES string of the molecule is CC(c1cc2ccccc2o1)N(C)C(=O)CCC(=O)N(CCC#N)c1ccccc1. The zero-order valence-corrected chi connectivity index (χ0v) is 17.2. The Morgan fingerprint density at radius 2 is 1.70 bits per heavy atom. The van der Waals surface area contributed by atoms with Crippen molar-refractivity contribution in [2.45, 2.75) is 32.2 Å². The first kappa shape index (κ1) is 21.1. The zero-order valence-electron chi connectivity index (χ0n) is 17.2. The molecule has 2 amide bonds. The first-order valence-electron chi connectivity index (χ1n) is 9.97. The second kappa shape index (κ2) is 9.75. The van der Waals surface area contributed by atoms with E-state index < -0.39 is 0 Å². The fraction of sp³-hybridized carbons (Fsp3) is 0.292. The number of nitrogens with zero attached hydrogens (tertiary/aromatic N) is 3. The van der Waals surface area contributed by atoms with E-state index in [1.54, 1.807) is 16.8 Å². The third kappa shape index (κ3) is 4.87. The van der Waals surface area contributed by atoms with Crippen molar-refractivity contribution in [1.29, 1.82) is 5.26 Å². The average Bonchev–Trinajstić information content (AvgIpc) is 3.21. The molecule has 0 bridgehead atoms. The molecular formula is C24H25N3O3. The number of hydrogen-bond donors (Lipinski definition) is 0. The summed E-state index contributed by atoms with van der Waals surface area (Å²) in [6, 6.07) is 20.7. The molecule has 0 spiro atoms. The fourth-order valence-electron chi connectivity index (χ4n) is 3.31. The molecule has 0 fully saturated rings. The van der Waals surface area contributed by atoms with Gasteiger partial charge in [-0.1, -0.05) is 36.4 Å². The number of fused-ring (bicyclic) bond motifs is 1. The van der Waals surface area contributed by atoms with Crippen molar-refractivity contribution < 1.29 is 14.0 Å². The summed E-state index contributed by atoms with van der Waals surface area (Å²) >= 11 is 0. The predicted octanol–water partition coefficient (Wildman–Crippen LogP) is 4.68. The van der Waals surface area contributed by atoms with Gasteiger partial charge in [0.2, 0.25) is 11.8 Å². The molecule has 0 aliphatic rings. The molecule has 0 saturated heterocycles. The van der Waals surface area contributed by atoms with Crippen LogP contribution >= 0.6 is 0 Å². The maximum atomic E-state index is 12.8. The topological polar surface area (TPSA) is 77.6 Å². The molecule has 0 aliphatic carbocycles. The quantitative estimate of drug-likeness (QED) is 0.547. The summed E-state index contributed by atoms with van der Waals surface area (Å²) in [6.07, 6.45) is 0.406. The van der Waals surface area contributed by atoms with Gasteiger partial charge in [-0.2, -0.15) is 5.26 Å². The van der Waals surface area contributed by atoms with E-state index in [-0.39, 0.29) is 37.1 Å². The van der Waals surface area contributed by atoms with Crippen LogP contribution in [0.2, 0.25) is 0 Å². The Hall–Kier alpha value is -3.59. The van der Waals surface area contributed by atoms with Gasteiger partial charge in [-0.05, 0) is 31.2 Å². The average molecular weight is 403 g/mol. The van der Waals surface area contributed by atoms with Gasteiger partial charge >= 0.3 is 0 Å². The van der Waals surface area contributed by atoms with Gasteiger partial charge in [0.05, 0.1) is 18.5 Å². The highest BCUT2D eigenvalue weighted by molar-refractivity contribution is 5.95. The molecule has 2 aromatic carbocycles. The number of rotatable bonds is 8. The first-order chi connectivity index (χ1) is 14.5. The molecule has 30 heavy (non-hydrogen) atoms. The Morgan fingerprint density at radius 1 is 1.03 bits per heavy atom. The smallest absolute Gasteiger partial charge is 0.227 e. The highest BCUT2D eigenvalue weighted by Gasteiger charge is 2.23. The second-order valence-electron chi connectivity index (χ2n) is 7.16. The number of benzene rings is 2. The lowest BCUT2D eigenvalue weighted by Crippen LogP contribution is -2.34. The summed E-state index contributed by atoms with van der Waals surface area (Å²) < 4.78 is 5.87.